The average Bonchev–Trinajstić information content (AvgIpc) is 2.88. The lowest BCUT2D eigenvalue weighted by molar-refractivity contribution is -0.320. The van der Waals surface area contributed by atoms with Crippen molar-refractivity contribution in [2.45, 2.75) is 139 Å². The molecule has 0 radical (unpaired) electrons. The zero-order valence-corrected chi connectivity index (χ0v) is 21.8. The Labute approximate surface area is 214 Å². The summed E-state index contributed by atoms with van der Waals surface area (Å²) in [5.41, 5.74) is 0. The SMILES string of the molecule is CCCCCCCCCC(CCC)O[C@@H]1OC(CO)[C@@H](OCC(O)C(O)[C@H](O)C(O)CO)C(O)C1O. The lowest BCUT2D eigenvalue weighted by atomic mass is 9.98. The first-order chi connectivity index (χ1) is 17.2. The van der Waals surface area contributed by atoms with Gasteiger partial charge in [-0.2, -0.15) is 0 Å². The van der Waals surface area contributed by atoms with E-state index in [9.17, 15) is 35.7 Å². The van der Waals surface area contributed by atoms with Crippen LogP contribution in [-0.4, -0.2) is 122 Å². The second kappa shape index (κ2) is 18.8. The highest BCUT2D eigenvalue weighted by atomic mass is 16.7. The van der Waals surface area contributed by atoms with Crippen LogP contribution in [0, 0.1) is 0 Å². The van der Waals surface area contributed by atoms with Crippen LogP contribution < -0.4 is 0 Å². The van der Waals surface area contributed by atoms with Crippen LogP contribution in [0.2, 0.25) is 0 Å². The van der Waals surface area contributed by atoms with Crippen molar-refractivity contribution in [3.63, 3.8) is 0 Å². The molecule has 216 valence electrons. The van der Waals surface area contributed by atoms with Crippen LogP contribution in [-0.2, 0) is 14.2 Å². The standard InChI is InChI=1S/C25H50O11/c1-3-5-6-7-8-9-10-12-16(11-4-2)35-25-23(33)22(32)24(19(14-27)36-25)34-15-18(29)21(31)20(30)17(28)13-26/h16-33H,3-15H2,1-2H3/t16?,17?,18?,19?,20-,21?,22?,23?,24-,25-/m1/s1. The molecule has 0 aliphatic carbocycles. The number of aliphatic hydroxyl groups excluding tert-OH is 8. The van der Waals surface area contributed by atoms with Crippen molar-refractivity contribution >= 4 is 0 Å². The van der Waals surface area contributed by atoms with Gasteiger partial charge in [0, 0.05) is 0 Å². The lowest BCUT2D eigenvalue weighted by Gasteiger charge is -2.43. The Kier molecular flexibility index (Phi) is 17.5. The molecule has 36 heavy (non-hydrogen) atoms. The minimum Gasteiger partial charge on any atom is -0.394 e. The number of ether oxygens (including phenoxy) is 3. The Morgan fingerprint density at radius 1 is 0.750 bits per heavy atom. The highest BCUT2D eigenvalue weighted by Crippen LogP contribution is 2.27. The van der Waals surface area contributed by atoms with Crippen LogP contribution in [0.25, 0.3) is 0 Å². The first-order valence-corrected chi connectivity index (χ1v) is 13.4. The van der Waals surface area contributed by atoms with E-state index >= 15 is 0 Å². The molecule has 0 bridgehead atoms. The molecule has 10 atom stereocenters. The van der Waals surface area contributed by atoms with Crippen LogP contribution in [0.3, 0.4) is 0 Å². The molecule has 1 heterocycles. The third-order valence-corrected chi connectivity index (χ3v) is 6.67. The van der Waals surface area contributed by atoms with Crippen molar-refractivity contribution in [3.05, 3.63) is 0 Å². The van der Waals surface area contributed by atoms with Gasteiger partial charge in [0.1, 0.15) is 48.8 Å². The maximum Gasteiger partial charge on any atom is 0.186 e. The van der Waals surface area contributed by atoms with Crippen molar-refractivity contribution in [3.8, 4) is 0 Å². The molecule has 11 heteroatoms. The Hall–Kier alpha value is -0.440. The molecular formula is C25H50O11. The van der Waals surface area contributed by atoms with Crippen molar-refractivity contribution in [2.75, 3.05) is 19.8 Å². The summed E-state index contributed by atoms with van der Waals surface area (Å²) < 4.78 is 17.1. The van der Waals surface area contributed by atoms with Gasteiger partial charge < -0.3 is 55.1 Å². The maximum absolute atomic E-state index is 10.6. The zero-order chi connectivity index (χ0) is 27.1. The van der Waals surface area contributed by atoms with Gasteiger partial charge >= 0.3 is 0 Å². The van der Waals surface area contributed by atoms with Crippen molar-refractivity contribution in [1.82, 2.24) is 0 Å². The molecule has 0 aromatic heterocycles. The number of rotatable bonds is 20. The van der Waals surface area contributed by atoms with Gasteiger partial charge in [-0.25, -0.2) is 0 Å². The summed E-state index contributed by atoms with van der Waals surface area (Å²) in [6.07, 6.45) is -3.09. The highest BCUT2D eigenvalue weighted by molar-refractivity contribution is 4.91. The van der Waals surface area contributed by atoms with Crippen molar-refractivity contribution in [1.29, 1.82) is 0 Å². The number of hydrogen-bond donors (Lipinski definition) is 8. The normalized spacial score (nSPS) is 29.0. The van der Waals surface area contributed by atoms with E-state index in [2.05, 4.69) is 6.92 Å². The highest BCUT2D eigenvalue weighted by Gasteiger charge is 2.46. The molecule has 8 N–H and O–H groups in total. The van der Waals surface area contributed by atoms with E-state index in [1.807, 2.05) is 6.92 Å². The first kappa shape index (κ1) is 33.6. The third kappa shape index (κ3) is 11.1. The fraction of sp³-hybridized carbons (Fsp3) is 1.00. The van der Waals surface area contributed by atoms with E-state index in [0.717, 1.165) is 32.1 Å². The van der Waals surface area contributed by atoms with Crippen LogP contribution in [0.1, 0.15) is 78.1 Å². The van der Waals surface area contributed by atoms with Crippen molar-refractivity contribution in [2.24, 2.45) is 0 Å². The summed E-state index contributed by atoms with van der Waals surface area (Å²) in [5, 5.41) is 79.1. The number of hydrogen-bond acceptors (Lipinski definition) is 11. The molecule has 1 aliphatic rings. The van der Waals surface area contributed by atoms with Gasteiger partial charge in [0.2, 0.25) is 0 Å². The topological polar surface area (TPSA) is 190 Å². The first-order valence-electron chi connectivity index (χ1n) is 13.4. The second-order valence-corrected chi connectivity index (χ2v) is 9.76. The third-order valence-electron chi connectivity index (χ3n) is 6.67. The van der Waals surface area contributed by atoms with E-state index in [-0.39, 0.29) is 6.10 Å². The Bertz CT molecular complexity index is 538. The minimum absolute atomic E-state index is 0.175. The molecule has 0 aromatic carbocycles. The lowest BCUT2D eigenvalue weighted by Crippen LogP contribution is -2.61. The van der Waals surface area contributed by atoms with E-state index in [1.165, 1.54) is 32.1 Å². The summed E-state index contributed by atoms with van der Waals surface area (Å²) in [6.45, 7) is 2.24. The predicted octanol–water partition coefficient (Wildman–Crippen LogP) is -0.427. The van der Waals surface area contributed by atoms with Gasteiger partial charge in [0.05, 0.1) is 25.9 Å². The van der Waals surface area contributed by atoms with Crippen LogP contribution in [0.15, 0.2) is 0 Å². The molecule has 1 aliphatic heterocycles. The van der Waals surface area contributed by atoms with E-state index < -0.39 is 74.9 Å². The minimum atomic E-state index is -1.84. The maximum atomic E-state index is 10.6. The quantitative estimate of drug-likeness (QED) is 0.0961. The largest absolute Gasteiger partial charge is 0.394 e. The second-order valence-electron chi connectivity index (χ2n) is 9.76. The van der Waals surface area contributed by atoms with Gasteiger partial charge in [-0.05, 0) is 12.8 Å². The van der Waals surface area contributed by atoms with Gasteiger partial charge in [0.25, 0.3) is 0 Å². The Balaban J connectivity index is 2.62. The van der Waals surface area contributed by atoms with Gasteiger partial charge in [-0.15, -0.1) is 0 Å². The van der Waals surface area contributed by atoms with Crippen molar-refractivity contribution < 1.29 is 55.1 Å². The number of unbranched alkanes of at least 4 members (excludes halogenated alkanes) is 6. The zero-order valence-electron chi connectivity index (χ0n) is 21.8. The summed E-state index contributed by atoms with van der Waals surface area (Å²) in [7, 11) is 0. The van der Waals surface area contributed by atoms with Gasteiger partial charge in [-0.3, -0.25) is 0 Å². The fourth-order valence-electron chi connectivity index (χ4n) is 4.36. The van der Waals surface area contributed by atoms with Crippen LogP contribution in [0.5, 0.6) is 0 Å². The van der Waals surface area contributed by atoms with Crippen LogP contribution in [0.4, 0.5) is 0 Å². The Morgan fingerprint density at radius 2 is 1.36 bits per heavy atom. The molecule has 1 rings (SSSR count). The number of aliphatic hydroxyl groups is 8. The van der Waals surface area contributed by atoms with E-state index in [0.29, 0.717) is 0 Å². The molecular weight excluding hydrogens is 476 g/mol. The average molecular weight is 527 g/mol. The summed E-state index contributed by atoms with van der Waals surface area (Å²) in [6, 6.07) is 0. The van der Waals surface area contributed by atoms with E-state index in [4.69, 9.17) is 19.3 Å². The molecule has 1 fully saturated rings. The fourth-order valence-corrected chi connectivity index (χ4v) is 4.36. The molecule has 0 amide bonds. The summed E-state index contributed by atoms with van der Waals surface area (Å²) in [5.74, 6) is 0. The van der Waals surface area contributed by atoms with E-state index in [1.54, 1.807) is 0 Å². The molecule has 0 saturated carbocycles. The predicted molar refractivity (Wildman–Crippen MR) is 131 cm³/mol. The smallest absolute Gasteiger partial charge is 0.186 e. The molecule has 7 unspecified atom stereocenters. The molecule has 0 aromatic rings. The monoisotopic (exact) mass is 526 g/mol. The summed E-state index contributed by atoms with van der Waals surface area (Å²) >= 11 is 0. The van der Waals surface area contributed by atoms with Crippen LogP contribution >= 0.6 is 0 Å². The molecule has 11 nitrogen and oxygen atoms in total. The van der Waals surface area contributed by atoms with Gasteiger partial charge in [0.15, 0.2) is 6.29 Å². The Morgan fingerprint density at radius 3 is 1.94 bits per heavy atom. The molecule has 0 spiro atoms. The molecule has 1 saturated heterocycles. The summed E-state index contributed by atoms with van der Waals surface area (Å²) in [4.78, 5) is 0. The van der Waals surface area contributed by atoms with Gasteiger partial charge in [-0.1, -0.05) is 65.2 Å².